The number of allylic oxidation sites excluding steroid dienone is 3. The van der Waals surface area contributed by atoms with E-state index in [0.29, 0.717) is 18.4 Å². The zero-order chi connectivity index (χ0) is 23.0. The van der Waals surface area contributed by atoms with Crippen molar-refractivity contribution in [3.8, 4) is 0 Å². The molecule has 2 aliphatic carbocycles. The minimum absolute atomic E-state index is 0.00513. The molecule has 2 rings (SSSR count). The summed E-state index contributed by atoms with van der Waals surface area (Å²) in [4.78, 5) is 50.5. The van der Waals surface area contributed by atoms with Crippen LogP contribution in [0.15, 0.2) is 23.3 Å². The lowest BCUT2D eigenvalue weighted by molar-refractivity contribution is -0.171. The Hall–Kier alpha value is -2.64. The third-order valence-electron chi connectivity index (χ3n) is 5.83. The number of ether oxygens (including phenoxy) is 4. The molecule has 0 amide bonds. The van der Waals surface area contributed by atoms with E-state index in [9.17, 15) is 19.2 Å². The highest BCUT2D eigenvalue weighted by Crippen LogP contribution is 2.41. The maximum Gasteiger partial charge on any atom is 0.324 e. The Balaban J connectivity index is 2.41. The van der Waals surface area contributed by atoms with E-state index in [1.165, 1.54) is 19.8 Å². The molecule has 0 aromatic rings. The first-order chi connectivity index (χ1) is 14.8. The van der Waals surface area contributed by atoms with Gasteiger partial charge in [-0.1, -0.05) is 23.3 Å². The lowest BCUT2D eigenvalue weighted by Crippen LogP contribution is -2.41. The van der Waals surface area contributed by atoms with Crippen LogP contribution in [0.4, 0.5) is 0 Å². The second kappa shape index (κ2) is 11.1. The van der Waals surface area contributed by atoms with Crippen molar-refractivity contribution in [2.45, 2.75) is 52.4 Å². The molecule has 0 N–H and O–H groups in total. The number of carbonyl (C=O) groups is 4. The number of rotatable bonds is 10. The average molecular weight is 437 g/mol. The molecule has 2 unspecified atom stereocenters. The fourth-order valence-electron chi connectivity index (χ4n) is 3.92. The molecule has 31 heavy (non-hydrogen) atoms. The number of esters is 4. The minimum atomic E-state index is -1.54. The van der Waals surface area contributed by atoms with Crippen LogP contribution in [-0.2, 0) is 38.1 Å². The predicted octanol–water partition coefficient (Wildman–Crippen LogP) is 2.90. The summed E-state index contributed by atoms with van der Waals surface area (Å²) in [7, 11) is 2.53. The minimum Gasteiger partial charge on any atom is -0.469 e. The molecule has 0 spiro atoms. The van der Waals surface area contributed by atoms with Gasteiger partial charge in [0.1, 0.15) is 0 Å². The van der Waals surface area contributed by atoms with Gasteiger partial charge in [-0.25, -0.2) is 0 Å². The fourth-order valence-corrected chi connectivity index (χ4v) is 3.92. The Morgan fingerprint density at radius 1 is 0.871 bits per heavy atom. The summed E-state index contributed by atoms with van der Waals surface area (Å²) < 4.78 is 20.2. The quantitative estimate of drug-likeness (QED) is 0.223. The summed E-state index contributed by atoms with van der Waals surface area (Å²) in [5.41, 5.74) is 0.294. The van der Waals surface area contributed by atoms with Gasteiger partial charge in [0.05, 0.1) is 39.3 Å². The SMILES string of the molecule is CCOC(=O)C(CC=C1CC1)(C/C=C1\CCC(C(=O)OC)C1C(=O)OC)C(=O)OCC. The largest absolute Gasteiger partial charge is 0.469 e. The van der Waals surface area contributed by atoms with Gasteiger partial charge < -0.3 is 18.9 Å². The van der Waals surface area contributed by atoms with Gasteiger partial charge in [-0.05, 0) is 52.4 Å². The van der Waals surface area contributed by atoms with Crippen LogP contribution < -0.4 is 0 Å². The number of hydrogen-bond acceptors (Lipinski definition) is 8. The molecule has 172 valence electrons. The molecule has 0 aliphatic heterocycles. The van der Waals surface area contributed by atoms with Crippen LogP contribution in [0.2, 0.25) is 0 Å². The Labute approximate surface area is 182 Å². The summed E-state index contributed by atoms with van der Waals surface area (Å²) in [6.07, 6.45) is 6.55. The van der Waals surface area contributed by atoms with E-state index in [1.807, 2.05) is 6.08 Å². The summed E-state index contributed by atoms with van der Waals surface area (Å²) in [5.74, 6) is -3.80. The standard InChI is InChI=1S/C23H32O8/c1-5-30-21(26)23(22(27)31-6-2,13-11-15-7-8-15)14-12-16-9-10-17(19(24)28-3)18(16)20(25)29-4/h11-12,17-18H,5-10,13-14H2,1-4H3/b16-12+. The van der Waals surface area contributed by atoms with Crippen LogP contribution >= 0.6 is 0 Å². The Kier molecular flexibility index (Phi) is 8.83. The van der Waals surface area contributed by atoms with E-state index < -0.39 is 41.1 Å². The zero-order valence-corrected chi connectivity index (χ0v) is 18.7. The fraction of sp³-hybridized carbons (Fsp3) is 0.652. The van der Waals surface area contributed by atoms with Crippen LogP contribution in [0.3, 0.4) is 0 Å². The summed E-state index contributed by atoms with van der Waals surface area (Å²) in [5, 5.41) is 0. The molecule has 2 atom stereocenters. The molecule has 2 fully saturated rings. The van der Waals surface area contributed by atoms with E-state index in [2.05, 4.69) is 0 Å². The van der Waals surface area contributed by atoms with Gasteiger partial charge >= 0.3 is 23.9 Å². The molecule has 8 nitrogen and oxygen atoms in total. The van der Waals surface area contributed by atoms with Crippen LogP contribution in [-0.4, -0.2) is 51.3 Å². The van der Waals surface area contributed by atoms with Crippen molar-refractivity contribution in [3.63, 3.8) is 0 Å². The molecule has 0 heterocycles. The first-order valence-corrected chi connectivity index (χ1v) is 10.7. The van der Waals surface area contributed by atoms with Crippen molar-refractivity contribution in [1.29, 1.82) is 0 Å². The summed E-state index contributed by atoms with van der Waals surface area (Å²) >= 11 is 0. The van der Waals surface area contributed by atoms with Gasteiger partial charge in [0.15, 0.2) is 5.41 Å². The maximum atomic E-state index is 13.0. The van der Waals surface area contributed by atoms with Gasteiger partial charge in [-0.3, -0.25) is 19.2 Å². The Bertz CT molecular complexity index is 740. The molecule has 0 saturated heterocycles. The van der Waals surface area contributed by atoms with E-state index >= 15 is 0 Å². The molecule has 2 saturated carbocycles. The first kappa shape index (κ1) is 24.6. The third-order valence-corrected chi connectivity index (χ3v) is 5.83. The third kappa shape index (κ3) is 5.74. The van der Waals surface area contributed by atoms with Crippen molar-refractivity contribution in [2.24, 2.45) is 17.3 Å². The number of carbonyl (C=O) groups excluding carboxylic acids is 4. The average Bonchev–Trinajstić information content (AvgIpc) is 3.50. The lowest BCUT2D eigenvalue weighted by atomic mass is 9.79. The number of methoxy groups -OCH3 is 2. The van der Waals surface area contributed by atoms with Crippen molar-refractivity contribution >= 4 is 23.9 Å². The van der Waals surface area contributed by atoms with Gasteiger partial charge in [0.2, 0.25) is 0 Å². The van der Waals surface area contributed by atoms with Gasteiger partial charge in [0.25, 0.3) is 0 Å². The highest BCUT2D eigenvalue weighted by molar-refractivity contribution is 6.00. The van der Waals surface area contributed by atoms with Gasteiger partial charge in [0, 0.05) is 0 Å². The van der Waals surface area contributed by atoms with Crippen LogP contribution in [0.1, 0.15) is 52.4 Å². The van der Waals surface area contributed by atoms with Crippen molar-refractivity contribution in [3.05, 3.63) is 23.3 Å². The van der Waals surface area contributed by atoms with Crippen molar-refractivity contribution < 1.29 is 38.1 Å². The van der Waals surface area contributed by atoms with Gasteiger partial charge in [-0.2, -0.15) is 0 Å². The highest BCUT2D eigenvalue weighted by atomic mass is 16.6. The van der Waals surface area contributed by atoms with E-state index in [4.69, 9.17) is 18.9 Å². The first-order valence-electron chi connectivity index (χ1n) is 10.7. The Morgan fingerprint density at radius 3 is 1.90 bits per heavy atom. The topological polar surface area (TPSA) is 105 Å². The maximum absolute atomic E-state index is 13.0. The second-order valence-electron chi connectivity index (χ2n) is 7.74. The normalized spacial score (nSPS) is 21.4. The monoisotopic (exact) mass is 436 g/mol. The molecule has 0 radical (unpaired) electrons. The van der Waals surface area contributed by atoms with Crippen LogP contribution in [0.5, 0.6) is 0 Å². The smallest absolute Gasteiger partial charge is 0.324 e. The second-order valence-corrected chi connectivity index (χ2v) is 7.74. The highest BCUT2D eigenvalue weighted by Gasteiger charge is 2.49. The molecule has 0 aromatic heterocycles. The summed E-state index contributed by atoms with van der Waals surface area (Å²) in [6, 6.07) is 0. The molecular weight excluding hydrogens is 404 g/mol. The van der Waals surface area contributed by atoms with Crippen LogP contribution in [0.25, 0.3) is 0 Å². The molecule has 2 aliphatic rings. The zero-order valence-electron chi connectivity index (χ0n) is 18.7. The van der Waals surface area contributed by atoms with E-state index in [-0.39, 0.29) is 26.1 Å². The van der Waals surface area contributed by atoms with Crippen LogP contribution in [0, 0.1) is 17.3 Å². The van der Waals surface area contributed by atoms with Gasteiger partial charge in [-0.15, -0.1) is 0 Å². The van der Waals surface area contributed by atoms with Crippen molar-refractivity contribution in [1.82, 2.24) is 0 Å². The molecule has 0 bridgehead atoms. The van der Waals surface area contributed by atoms with E-state index in [0.717, 1.165) is 12.8 Å². The molecular formula is C23H32O8. The summed E-state index contributed by atoms with van der Waals surface area (Å²) in [6.45, 7) is 3.61. The Morgan fingerprint density at radius 2 is 1.42 bits per heavy atom. The predicted molar refractivity (Wildman–Crippen MR) is 111 cm³/mol. The lowest BCUT2D eigenvalue weighted by Gasteiger charge is -2.27. The van der Waals surface area contributed by atoms with Crippen molar-refractivity contribution in [2.75, 3.05) is 27.4 Å². The number of hydrogen-bond donors (Lipinski definition) is 0. The molecule has 0 aromatic carbocycles. The van der Waals surface area contributed by atoms with E-state index in [1.54, 1.807) is 19.9 Å². The molecule has 8 heteroatoms.